The largest absolute Gasteiger partial charge is 0.507 e. The van der Waals surface area contributed by atoms with Gasteiger partial charge in [-0.3, -0.25) is 9.59 Å². The van der Waals surface area contributed by atoms with Gasteiger partial charge in [-0.25, -0.2) is 4.39 Å². The lowest BCUT2D eigenvalue weighted by atomic mass is 9.95. The fourth-order valence-corrected chi connectivity index (χ4v) is 4.06. The number of aliphatic hydroxyl groups excluding tert-OH is 1. The van der Waals surface area contributed by atoms with Crippen molar-refractivity contribution in [3.05, 3.63) is 71.0 Å². The highest BCUT2D eigenvalue weighted by Crippen LogP contribution is 2.40. The third-order valence-electron chi connectivity index (χ3n) is 5.85. The summed E-state index contributed by atoms with van der Waals surface area (Å²) in [5.41, 5.74) is 0.391. The fourth-order valence-electron chi connectivity index (χ4n) is 4.06. The average molecular weight is 441 g/mol. The molecule has 170 valence electrons. The molecule has 1 amide bonds. The molecule has 7 heteroatoms. The molecule has 0 unspecified atom stereocenters. The standard InChI is InChI=1S/C25H29FN2O4/c1-4-27(5-2)14-9-15-28-22(19-12-6-7-13-20(19)26)21(24(30)25(28)31)23(29)17-10-8-11-18(16-17)32-3/h6-8,10-13,16,22,29H,4-5,9,14-15H2,1-3H3/b23-21+/t22-/m1/s1. The molecule has 2 aromatic carbocycles. The third kappa shape index (κ3) is 4.67. The number of rotatable bonds is 9. The van der Waals surface area contributed by atoms with Crippen molar-refractivity contribution in [2.45, 2.75) is 26.3 Å². The van der Waals surface area contributed by atoms with Gasteiger partial charge in [0.2, 0.25) is 0 Å². The Kier molecular flexibility index (Phi) is 7.64. The van der Waals surface area contributed by atoms with E-state index in [9.17, 15) is 19.1 Å². The second-order valence-electron chi connectivity index (χ2n) is 7.63. The van der Waals surface area contributed by atoms with Crippen LogP contribution in [-0.2, 0) is 9.59 Å². The molecule has 0 aromatic heterocycles. The highest BCUT2D eigenvalue weighted by Gasteiger charge is 2.46. The lowest BCUT2D eigenvalue weighted by molar-refractivity contribution is -0.140. The summed E-state index contributed by atoms with van der Waals surface area (Å²) >= 11 is 0. The molecule has 1 saturated heterocycles. The second kappa shape index (κ2) is 10.4. The van der Waals surface area contributed by atoms with Crippen molar-refractivity contribution < 1.29 is 23.8 Å². The van der Waals surface area contributed by atoms with Crippen molar-refractivity contribution in [3.63, 3.8) is 0 Å². The van der Waals surface area contributed by atoms with Gasteiger partial charge in [-0.15, -0.1) is 0 Å². The molecular formula is C25H29FN2O4. The summed E-state index contributed by atoms with van der Waals surface area (Å²) in [6.45, 7) is 6.89. The van der Waals surface area contributed by atoms with Gasteiger partial charge in [0, 0.05) is 17.7 Å². The molecule has 0 saturated carbocycles. The van der Waals surface area contributed by atoms with Crippen LogP contribution in [0.15, 0.2) is 54.1 Å². The summed E-state index contributed by atoms with van der Waals surface area (Å²) < 4.78 is 20.0. The minimum Gasteiger partial charge on any atom is -0.507 e. The van der Waals surface area contributed by atoms with Crippen molar-refractivity contribution >= 4 is 17.4 Å². The number of amides is 1. The van der Waals surface area contributed by atoms with E-state index in [1.165, 1.54) is 18.1 Å². The van der Waals surface area contributed by atoms with Crippen LogP contribution in [0, 0.1) is 5.82 Å². The maximum absolute atomic E-state index is 14.8. The quantitative estimate of drug-likeness (QED) is 0.363. The van der Waals surface area contributed by atoms with Crippen LogP contribution >= 0.6 is 0 Å². The number of Topliss-reactive ketones (excluding diaryl/α,β-unsaturated/α-hetero) is 1. The summed E-state index contributed by atoms with van der Waals surface area (Å²) in [5.74, 6) is -1.94. The van der Waals surface area contributed by atoms with Gasteiger partial charge < -0.3 is 19.6 Å². The van der Waals surface area contributed by atoms with Crippen molar-refractivity contribution in [2.75, 3.05) is 33.3 Å². The number of methoxy groups -OCH3 is 1. The first-order chi connectivity index (χ1) is 15.4. The first-order valence-corrected chi connectivity index (χ1v) is 10.8. The molecule has 1 fully saturated rings. The molecule has 1 atom stereocenters. The van der Waals surface area contributed by atoms with Gasteiger partial charge in [0.1, 0.15) is 17.3 Å². The first kappa shape index (κ1) is 23.5. The van der Waals surface area contributed by atoms with Gasteiger partial charge in [-0.1, -0.05) is 44.2 Å². The maximum Gasteiger partial charge on any atom is 0.295 e. The van der Waals surface area contributed by atoms with E-state index in [0.29, 0.717) is 17.7 Å². The molecule has 2 aromatic rings. The number of hydrogen-bond acceptors (Lipinski definition) is 5. The Hall–Kier alpha value is -3.19. The molecule has 3 rings (SSSR count). The van der Waals surface area contributed by atoms with Crippen LogP contribution in [0.5, 0.6) is 5.75 Å². The number of likely N-dealkylation sites (tertiary alicyclic amines) is 1. The monoisotopic (exact) mass is 440 g/mol. The minimum absolute atomic E-state index is 0.115. The summed E-state index contributed by atoms with van der Waals surface area (Å²) in [5, 5.41) is 11.1. The summed E-state index contributed by atoms with van der Waals surface area (Å²) in [6, 6.07) is 11.6. The highest BCUT2D eigenvalue weighted by molar-refractivity contribution is 6.46. The van der Waals surface area contributed by atoms with Crippen LogP contribution in [0.25, 0.3) is 5.76 Å². The van der Waals surface area contributed by atoms with Crippen LogP contribution in [0.1, 0.15) is 37.4 Å². The Morgan fingerprint density at radius 2 is 1.84 bits per heavy atom. The van der Waals surface area contributed by atoms with Crippen molar-refractivity contribution in [1.29, 1.82) is 0 Å². The number of ketones is 1. The number of nitrogens with zero attached hydrogens (tertiary/aromatic N) is 2. The van der Waals surface area contributed by atoms with Crippen LogP contribution in [0.4, 0.5) is 4.39 Å². The van der Waals surface area contributed by atoms with Gasteiger partial charge in [0.25, 0.3) is 11.7 Å². The molecule has 1 N–H and O–H groups in total. The molecule has 0 aliphatic carbocycles. The van der Waals surface area contributed by atoms with Crippen molar-refractivity contribution in [3.8, 4) is 5.75 Å². The molecule has 1 aliphatic rings. The molecule has 6 nitrogen and oxygen atoms in total. The lowest BCUT2D eigenvalue weighted by Crippen LogP contribution is -2.33. The minimum atomic E-state index is -1.00. The third-order valence-corrected chi connectivity index (χ3v) is 5.85. The van der Waals surface area contributed by atoms with Crippen LogP contribution < -0.4 is 4.74 Å². The first-order valence-electron chi connectivity index (χ1n) is 10.8. The molecular weight excluding hydrogens is 411 g/mol. The zero-order valence-corrected chi connectivity index (χ0v) is 18.7. The number of carbonyl (C=O) groups excluding carboxylic acids is 2. The number of aliphatic hydroxyl groups is 1. The number of carbonyl (C=O) groups is 2. The van der Waals surface area contributed by atoms with Gasteiger partial charge in [0.15, 0.2) is 0 Å². The van der Waals surface area contributed by atoms with E-state index in [0.717, 1.165) is 19.6 Å². The summed E-state index contributed by atoms with van der Waals surface area (Å²) in [6.07, 6.45) is 0.624. The van der Waals surface area contributed by atoms with Crippen molar-refractivity contribution in [2.24, 2.45) is 0 Å². The van der Waals surface area contributed by atoms with Crippen molar-refractivity contribution in [1.82, 2.24) is 9.80 Å². The number of hydrogen-bond donors (Lipinski definition) is 1. The van der Waals surface area contributed by atoms with E-state index in [2.05, 4.69) is 18.7 Å². The van der Waals surface area contributed by atoms with Gasteiger partial charge in [-0.2, -0.15) is 0 Å². The van der Waals surface area contributed by atoms with E-state index in [4.69, 9.17) is 4.74 Å². The van der Waals surface area contributed by atoms with Crippen LogP contribution in [-0.4, -0.2) is 59.9 Å². The maximum atomic E-state index is 14.8. The van der Waals surface area contributed by atoms with Gasteiger partial charge >= 0.3 is 0 Å². The number of benzene rings is 2. The van der Waals surface area contributed by atoms with Crippen LogP contribution in [0.2, 0.25) is 0 Å². The molecule has 0 spiro atoms. The predicted octanol–water partition coefficient (Wildman–Crippen LogP) is 3.99. The Morgan fingerprint density at radius 3 is 2.50 bits per heavy atom. The number of ether oxygens (including phenoxy) is 1. The Bertz CT molecular complexity index is 1020. The molecule has 32 heavy (non-hydrogen) atoms. The SMILES string of the molecule is CCN(CC)CCCN1C(=O)C(=O)/C(=C(/O)c2cccc(OC)c2)[C@H]1c1ccccc1F. The van der Waals surface area contributed by atoms with Gasteiger partial charge in [-0.05, 0) is 44.3 Å². The Morgan fingerprint density at radius 1 is 1.12 bits per heavy atom. The molecule has 0 radical (unpaired) electrons. The topological polar surface area (TPSA) is 70.1 Å². The zero-order valence-electron chi connectivity index (χ0n) is 18.7. The highest BCUT2D eigenvalue weighted by atomic mass is 19.1. The smallest absolute Gasteiger partial charge is 0.295 e. The zero-order chi connectivity index (χ0) is 23.3. The van der Waals surface area contributed by atoms with E-state index in [-0.39, 0.29) is 23.4 Å². The van der Waals surface area contributed by atoms with Gasteiger partial charge in [0.05, 0.1) is 18.7 Å². The van der Waals surface area contributed by atoms with E-state index in [1.54, 1.807) is 42.5 Å². The predicted molar refractivity (Wildman–Crippen MR) is 121 cm³/mol. The fraction of sp³-hybridized carbons (Fsp3) is 0.360. The normalized spacial score (nSPS) is 17.9. The van der Waals surface area contributed by atoms with E-state index >= 15 is 0 Å². The van der Waals surface area contributed by atoms with Crippen LogP contribution in [0.3, 0.4) is 0 Å². The molecule has 0 bridgehead atoms. The average Bonchev–Trinajstić information content (AvgIpc) is 3.06. The Balaban J connectivity index is 2.06. The lowest BCUT2D eigenvalue weighted by Gasteiger charge is -2.27. The summed E-state index contributed by atoms with van der Waals surface area (Å²) in [7, 11) is 1.49. The number of halogens is 1. The molecule has 1 heterocycles. The Labute approximate surface area is 187 Å². The van der Waals surface area contributed by atoms with E-state index < -0.39 is 23.5 Å². The second-order valence-corrected chi connectivity index (χ2v) is 7.63. The van der Waals surface area contributed by atoms with E-state index in [1.807, 2.05) is 0 Å². The molecule has 1 aliphatic heterocycles. The summed E-state index contributed by atoms with van der Waals surface area (Å²) in [4.78, 5) is 29.6.